The molecule has 1 N–H and O–H groups in total. The van der Waals surface area contributed by atoms with Crippen LogP contribution in [0.25, 0.3) is 22.1 Å². The number of thioether (sulfide) groups is 1. The lowest BCUT2D eigenvalue weighted by Crippen LogP contribution is -1.98. The largest absolute Gasteiger partial charge is 0.481 e. The Hall–Kier alpha value is -2.14. The van der Waals surface area contributed by atoms with Crippen LogP contribution in [-0.4, -0.2) is 26.8 Å². The summed E-state index contributed by atoms with van der Waals surface area (Å²) in [7, 11) is 0. The molecule has 19 heavy (non-hydrogen) atoms. The van der Waals surface area contributed by atoms with Gasteiger partial charge in [0.05, 0.1) is 22.3 Å². The summed E-state index contributed by atoms with van der Waals surface area (Å²) < 4.78 is 0. The smallest absolute Gasteiger partial charge is 0.313 e. The minimum absolute atomic E-state index is 0.0214. The number of nitrogens with zero attached hydrogens (tertiary/aromatic N) is 2. The third kappa shape index (κ3) is 2.37. The van der Waals surface area contributed by atoms with Gasteiger partial charge in [0, 0.05) is 4.90 Å². The average Bonchev–Trinajstić information content (AvgIpc) is 2.42. The van der Waals surface area contributed by atoms with Crippen molar-refractivity contribution in [2.24, 2.45) is 0 Å². The van der Waals surface area contributed by atoms with Crippen LogP contribution in [-0.2, 0) is 4.79 Å². The molecule has 1 aromatic heterocycles. The van der Waals surface area contributed by atoms with Crippen LogP contribution in [0.3, 0.4) is 0 Å². The quantitative estimate of drug-likeness (QED) is 0.585. The van der Waals surface area contributed by atoms with E-state index in [0.29, 0.717) is 0 Å². The maximum atomic E-state index is 10.7. The van der Waals surface area contributed by atoms with Crippen molar-refractivity contribution in [1.82, 2.24) is 9.97 Å². The topological polar surface area (TPSA) is 63.1 Å². The van der Waals surface area contributed by atoms with Crippen molar-refractivity contribution in [3.8, 4) is 0 Å². The number of aliphatic carboxylic acids is 1. The highest BCUT2D eigenvalue weighted by Gasteiger charge is 2.08. The first-order valence-electron chi connectivity index (χ1n) is 5.74. The van der Waals surface area contributed by atoms with E-state index in [9.17, 15) is 4.79 Å². The number of aromatic nitrogens is 2. The van der Waals surface area contributed by atoms with Crippen LogP contribution in [0.4, 0.5) is 0 Å². The number of fused-ring (bicyclic) bond motifs is 2. The second-order valence-corrected chi connectivity index (χ2v) is 5.04. The minimum Gasteiger partial charge on any atom is -0.481 e. The number of hydrogen-bond donors (Lipinski definition) is 1. The van der Waals surface area contributed by atoms with E-state index < -0.39 is 5.97 Å². The normalized spacial score (nSPS) is 10.9. The molecule has 0 bridgehead atoms. The van der Waals surface area contributed by atoms with Gasteiger partial charge < -0.3 is 5.11 Å². The van der Waals surface area contributed by atoms with Crippen molar-refractivity contribution in [1.29, 1.82) is 0 Å². The van der Waals surface area contributed by atoms with Crippen molar-refractivity contribution in [2.75, 3.05) is 5.75 Å². The molecule has 0 aliphatic carbocycles. The zero-order valence-corrected chi connectivity index (χ0v) is 10.7. The van der Waals surface area contributed by atoms with Crippen LogP contribution >= 0.6 is 11.8 Å². The Morgan fingerprint density at radius 1 is 1.00 bits per heavy atom. The number of para-hydroxylation sites is 3. The first kappa shape index (κ1) is 11.9. The second kappa shape index (κ2) is 4.85. The van der Waals surface area contributed by atoms with E-state index in [4.69, 9.17) is 5.11 Å². The Labute approximate surface area is 113 Å². The van der Waals surface area contributed by atoms with Crippen molar-refractivity contribution >= 4 is 39.8 Å². The number of benzene rings is 2. The summed E-state index contributed by atoms with van der Waals surface area (Å²) in [6, 6.07) is 13.3. The molecular formula is C14H10N2O2S. The summed E-state index contributed by atoms with van der Waals surface area (Å²) in [5.41, 5.74) is 3.20. The molecule has 4 nitrogen and oxygen atoms in total. The highest BCUT2D eigenvalue weighted by Crippen LogP contribution is 2.26. The van der Waals surface area contributed by atoms with Gasteiger partial charge in [-0.15, -0.1) is 11.8 Å². The van der Waals surface area contributed by atoms with E-state index in [2.05, 4.69) is 9.97 Å². The minimum atomic E-state index is -0.837. The summed E-state index contributed by atoms with van der Waals surface area (Å²) in [5, 5.41) is 8.76. The Balaban J connectivity index is 2.17. The summed E-state index contributed by atoms with van der Waals surface area (Å²) in [5.74, 6) is -0.816. The van der Waals surface area contributed by atoms with Crippen molar-refractivity contribution < 1.29 is 9.90 Å². The number of hydrogen-bond acceptors (Lipinski definition) is 4. The Kier molecular flexibility index (Phi) is 3.05. The Morgan fingerprint density at radius 3 is 2.42 bits per heavy atom. The van der Waals surface area contributed by atoms with Crippen LogP contribution in [0.5, 0.6) is 0 Å². The second-order valence-electron chi connectivity index (χ2n) is 4.02. The van der Waals surface area contributed by atoms with Crippen LogP contribution in [0.1, 0.15) is 0 Å². The van der Waals surface area contributed by atoms with Gasteiger partial charge in [-0.3, -0.25) is 4.79 Å². The fourth-order valence-electron chi connectivity index (χ4n) is 1.87. The number of carboxylic acids is 1. The molecule has 0 saturated carbocycles. The third-order valence-corrected chi connectivity index (χ3v) is 3.72. The van der Waals surface area contributed by atoms with Gasteiger partial charge in [-0.25, -0.2) is 9.97 Å². The molecule has 0 saturated heterocycles. The third-order valence-electron chi connectivity index (χ3n) is 2.68. The molecule has 0 aliphatic heterocycles. The molecule has 3 rings (SSSR count). The van der Waals surface area contributed by atoms with E-state index in [1.165, 1.54) is 11.8 Å². The molecule has 5 heteroatoms. The summed E-state index contributed by atoms with van der Waals surface area (Å²) in [4.78, 5) is 20.6. The fraction of sp³-hybridized carbons (Fsp3) is 0.0714. The van der Waals surface area contributed by atoms with Gasteiger partial charge in [0.25, 0.3) is 0 Å². The molecule has 2 aromatic carbocycles. The van der Waals surface area contributed by atoms with E-state index in [1.807, 2.05) is 42.5 Å². The van der Waals surface area contributed by atoms with E-state index >= 15 is 0 Å². The molecule has 0 spiro atoms. The first-order valence-corrected chi connectivity index (χ1v) is 6.73. The number of carboxylic acid groups (broad SMARTS) is 1. The van der Waals surface area contributed by atoms with Crippen molar-refractivity contribution in [3.05, 3.63) is 42.5 Å². The molecule has 0 atom stereocenters. The maximum absolute atomic E-state index is 10.7. The Bertz CT molecular complexity index is 774. The van der Waals surface area contributed by atoms with Gasteiger partial charge >= 0.3 is 5.97 Å². The molecule has 0 fully saturated rings. The lowest BCUT2D eigenvalue weighted by atomic mass is 10.2. The maximum Gasteiger partial charge on any atom is 0.313 e. The molecule has 94 valence electrons. The highest BCUT2D eigenvalue weighted by molar-refractivity contribution is 8.00. The summed E-state index contributed by atoms with van der Waals surface area (Å²) in [6.07, 6.45) is 0. The molecule has 1 heterocycles. The van der Waals surface area contributed by atoms with Crippen molar-refractivity contribution in [3.63, 3.8) is 0 Å². The lowest BCUT2D eigenvalue weighted by molar-refractivity contribution is -0.133. The Morgan fingerprint density at radius 2 is 1.68 bits per heavy atom. The molecule has 0 aliphatic rings. The highest BCUT2D eigenvalue weighted by atomic mass is 32.2. The number of rotatable bonds is 3. The van der Waals surface area contributed by atoms with E-state index in [1.54, 1.807) is 0 Å². The fourth-order valence-corrected chi connectivity index (χ4v) is 2.61. The van der Waals surface area contributed by atoms with Crippen LogP contribution in [0.2, 0.25) is 0 Å². The molecule has 0 amide bonds. The molecule has 0 radical (unpaired) electrons. The summed E-state index contributed by atoms with van der Waals surface area (Å²) >= 11 is 1.26. The van der Waals surface area contributed by atoms with Crippen LogP contribution < -0.4 is 0 Å². The lowest BCUT2D eigenvalue weighted by Gasteiger charge is -2.05. The van der Waals surface area contributed by atoms with Gasteiger partial charge in [-0.2, -0.15) is 0 Å². The van der Waals surface area contributed by atoms with E-state index in [-0.39, 0.29) is 5.75 Å². The van der Waals surface area contributed by atoms with Gasteiger partial charge in [-0.1, -0.05) is 18.2 Å². The zero-order valence-electron chi connectivity index (χ0n) is 9.91. The van der Waals surface area contributed by atoms with Gasteiger partial charge in [0.2, 0.25) is 0 Å². The predicted octanol–water partition coefficient (Wildman–Crippen LogP) is 2.96. The monoisotopic (exact) mass is 270 g/mol. The average molecular weight is 270 g/mol. The molecule has 3 aromatic rings. The first-order chi connectivity index (χ1) is 9.24. The van der Waals surface area contributed by atoms with Crippen LogP contribution in [0.15, 0.2) is 47.4 Å². The standard InChI is InChI=1S/C14H10N2O2S/c17-13(18)8-19-12-7-3-6-11-14(12)16-10-5-2-1-4-9(10)15-11/h1-7H,8H2,(H,17,18). The number of carbonyl (C=O) groups is 1. The van der Waals surface area contributed by atoms with Crippen LogP contribution in [0, 0.1) is 0 Å². The molecule has 0 unspecified atom stereocenters. The van der Waals surface area contributed by atoms with Gasteiger partial charge in [0.15, 0.2) is 0 Å². The zero-order chi connectivity index (χ0) is 13.2. The molecular weight excluding hydrogens is 260 g/mol. The summed E-state index contributed by atoms with van der Waals surface area (Å²) in [6.45, 7) is 0. The predicted molar refractivity (Wildman–Crippen MR) is 75.4 cm³/mol. The van der Waals surface area contributed by atoms with E-state index in [0.717, 1.165) is 27.0 Å². The van der Waals surface area contributed by atoms with Gasteiger partial charge in [-0.05, 0) is 24.3 Å². The van der Waals surface area contributed by atoms with Gasteiger partial charge in [0.1, 0.15) is 5.52 Å². The SMILES string of the molecule is O=C(O)CSc1cccc2nc3ccccc3nc12. The van der Waals surface area contributed by atoms with Crippen molar-refractivity contribution in [2.45, 2.75) is 4.90 Å².